The number of imide groups is 1. The molecule has 3 aromatic carbocycles. The second-order valence-electron chi connectivity index (χ2n) is 10.3. The number of carbonyl (C=O) groups is 4. The van der Waals surface area contributed by atoms with Crippen LogP contribution in [-0.4, -0.2) is 72.1 Å². The van der Waals surface area contributed by atoms with Gasteiger partial charge in [-0.1, -0.05) is 30.3 Å². The summed E-state index contributed by atoms with van der Waals surface area (Å²) in [6.45, 7) is 5.95. The molecule has 2 saturated heterocycles. The maximum Gasteiger partial charge on any atom is 0.294 e. The fourth-order valence-electron chi connectivity index (χ4n) is 4.75. The van der Waals surface area contributed by atoms with Crippen LogP contribution >= 0.6 is 27.7 Å². The third-order valence-electron chi connectivity index (χ3n) is 7.33. The van der Waals surface area contributed by atoms with Crippen LogP contribution in [0, 0.1) is 13.8 Å². The highest BCUT2D eigenvalue weighted by Crippen LogP contribution is 2.32. The van der Waals surface area contributed by atoms with Crippen LogP contribution in [-0.2, 0) is 14.4 Å². The van der Waals surface area contributed by atoms with Crippen molar-refractivity contribution in [3.8, 4) is 5.75 Å². The molecule has 1 N–H and O–H groups in total. The largest absolute Gasteiger partial charge is 0.484 e. The minimum atomic E-state index is -0.485. The second kappa shape index (κ2) is 13.5. The van der Waals surface area contributed by atoms with Gasteiger partial charge in [0.15, 0.2) is 6.61 Å². The predicted octanol–water partition coefficient (Wildman–Crippen LogP) is 5.47. The van der Waals surface area contributed by atoms with Gasteiger partial charge in [0.2, 0.25) is 5.91 Å². The summed E-state index contributed by atoms with van der Waals surface area (Å²) in [5.74, 6) is -0.542. The lowest BCUT2D eigenvalue weighted by Gasteiger charge is -2.36. The van der Waals surface area contributed by atoms with E-state index in [0.717, 1.165) is 37.9 Å². The minimum absolute atomic E-state index is 0.174. The Labute approximate surface area is 263 Å². The van der Waals surface area contributed by atoms with Crippen LogP contribution in [0.2, 0.25) is 0 Å². The van der Waals surface area contributed by atoms with Gasteiger partial charge in [-0.05, 0) is 101 Å². The van der Waals surface area contributed by atoms with E-state index >= 15 is 0 Å². The zero-order chi connectivity index (χ0) is 30.5. The van der Waals surface area contributed by atoms with Crippen LogP contribution < -0.4 is 15.0 Å². The van der Waals surface area contributed by atoms with Crippen molar-refractivity contribution >= 4 is 68.1 Å². The molecule has 11 heteroatoms. The number of rotatable bonds is 8. The molecule has 3 aromatic rings. The Bertz CT molecular complexity index is 1570. The summed E-state index contributed by atoms with van der Waals surface area (Å²) in [6.07, 6.45) is 1.61. The Balaban J connectivity index is 1.11. The lowest BCUT2D eigenvalue weighted by molar-refractivity contribution is -0.136. The number of ether oxygens (including phenoxy) is 1. The Morgan fingerprint density at radius 1 is 0.953 bits per heavy atom. The molecule has 0 spiro atoms. The Morgan fingerprint density at radius 3 is 2.33 bits per heavy atom. The lowest BCUT2D eigenvalue weighted by atomic mass is 10.1. The average Bonchev–Trinajstić information content (AvgIpc) is 3.27. The summed E-state index contributed by atoms with van der Waals surface area (Å²) in [7, 11) is 0. The number of anilines is 2. The van der Waals surface area contributed by atoms with E-state index in [1.165, 1.54) is 0 Å². The van der Waals surface area contributed by atoms with Crippen molar-refractivity contribution in [1.82, 2.24) is 9.80 Å². The standard InChI is InChI=1S/C32H31BrN4O5S/c1-21-16-26(33)27(17-22(21)2)34-29(38)20-42-25-10-8-23(9-11-25)18-28-31(40)37(32(41)43-28)19-30(39)36-14-12-35(13-15-36)24-6-4-3-5-7-24/h3-11,16-18H,12-15,19-20H2,1-2H3,(H,34,38)/b28-18+. The number of amides is 4. The number of para-hydroxylation sites is 1. The van der Waals surface area contributed by atoms with E-state index in [4.69, 9.17) is 4.74 Å². The summed E-state index contributed by atoms with van der Waals surface area (Å²) in [6, 6.07) is 20.7. The van der Waals surface area contributed by atoms with E-state index in [9.17, 15) is 19.2 Å². The normalized spacial score (nSPS) is 16.2. The molecule has 9 nitrogen and oxygen atoms in total. The molecule has 0 aromatic heterocycles. The van der Waals surface area contributed by atoms with Gasteiger partial charge in [0.1, 0.15) is 12.3 Å². The van der Waals surface area contributed by atoms with Gasteiger partial charge in [0.05, 0.1) is 10.6 Å². The smallest absolute Gasteiger partial charge is 0.294 e. The number of piperazine rings is 1. The molecule has 0 unspecified atom stereocenters. The molecule has 5 rings (SSSR count). The molecule has 4 amide bonds. The van der Waals surface area contributed by atoms with E-state index in [-0.39, 0.29) is 29.9 Å². The van der Waals surface area contributed by atoms with Gasteiger partial charge in [-0.3, -0.25) is 24.1 Å². The molecule has 222 valence electrons. The first-order valence-electron chi connectivity index (χ1n) is 13.8. The van der Waals surface area contributed by atoms with Crippen molar-refractivity contribution in [2.24, 2.45) is 0 Å². The number of nitrogens with one attached hydrogen (secondary N) is 1. The number of halogens is 1. The van der Waals surface area contributed by atoms with Gasteiger partial charge in [0.25, 0.3) is 17.1 Å². The van der Waals surface area contributed by atoms with E-state index in [1.54, 1.807) is 35.2 Å². The van der Waals surface area contributed by atoms with Crippen molar-refractivity contribution in [2.75, 3.05) is 49.5 Å². The molecule has 2 heterocycles. The lowest BCUT2D eigenvalue weighted by Crippen LogP contribution is -2.51. The number of nitrogens with zero attached hydrogens (tertiary/aromatic N) is 3. The highest BCUT2D eigenvalue weighted by atomic mass is 79.9. The van der Waals surface area contributed by atoms with Crippen molar-refractivity contribution in [3.05, 3.63) is 92.8 Å². The molecule has 0 saturated carbocycles. The molecule has 0 atom stereocenters. The van der Waals surface area contributed by atoms with Crippen molar-refractivity contribution in [1.29, 1.82) is 0 Å². The summed E-state index contributed by atoms with van der Waals surface area (Å²) in [4.78, 5) is 56.1. The fourth-order valence-corrected chi connectivity index (χ4v) is 6.14. The van der Waals surface area contributed by atoms with E-state index in [2.05, 4.69) is 26.1 Å². The van der Waals surface area contributed by atoms with E-state index in [1.807, 2.05) is 56.3 Å². The van der Waals surface area contributed by atoms with Crippen LogP contribution in [0.3, 0.4) is 0 Å². The monoisotopic (exact) mass is 662 g/mol. The SMILES string of the molecule is Cc1cc(Br)c(NC(=O)COc2ccc(/C=C3/SC(=O)N(CC(=O)N4CCN(c5ccccc5)CC4)C3=O)cc2)cc1C. The fraction of sp³-hybridized carbons (Fsp3) is 0.250. The van der Waals surface area contributed by atoms with Crippen LogP contribution in [0.4, 0.5) is 16.2 Å². The topological polar surface area (TPSA) is 99.3 Å². The summed E-state index contributed by atoms with van der Waals surface area (Å²) >= 11 is 4.29. The third-order valence-corrected chi connectivity index (χ3v) is 8.89. The minimum Gasteiger partial charge on any atom is -0.484 e. The number of thioether (sulfide) groups is 1. The number of carbonyl (C=O) groups excluding carboxylic acids is 4. The van der Waals surface area contributed by atoms with Crippen molar-refractivity contribution < 1.29 is 23.9 Å². The molecule has 0 bridgehead atoms. The maximum atomic E-state index is 13.0. The third kappa shape index (κ3) is 7.47. The number of hydrogen-bond donors (Lipinski definition) is 1. The van der Waals surface area contributed by atoms with E-state index in [0.29, 0.717) is 43.2 Å². The summed E-state index contributed by atoms with van der Waals surface area (Å²) in [5, 5.41) is 2.37. The average molecular weight is 664 g/mol. The molecule has 43 heavy (non-hydrogen) atoms. The quantitative estimate of drug-likeness (QED) is 0.320. The second-order valence-corrected chi connectivity index (χ2v) is 12.1. The van der Waals surface area contributed by atoms with Crippen LogP contribution in [0.5, 0.6) is 5.75 Å². The van der Waals surface area contributed by atoms with Gasteiger partial charge in [-0.2, -0.15) is 0 Å². The van der Waals surface area contributed by atoms with Crippen LogP contribution in [0.1, 0.15) is 16.7 Å². The molecular formula is C32H31BrN4O5S. The first-order valence-corrected chi connectivity index (χ1v) is 15.4. The maximum absolute atomic E-state index is 13.0. The molecular weight excluding hydrogens is 632 g/mol. The van der Waals surface area contributed by atoms with E-state index < -0.39 is 11.1 Å². The summed E-state index contributed by atoms with van der Waals surface area (Å²) < 4.78 is 6.41. The molecule has 2 fully saturated rings. The highest BCUT2D eigenvalue weighted by Gasteiger charge is 2.37. The number of aryl methyl sites for hydroxylation is 2. The predicted molar refractivity (Wildman–Crippen MR) is 172 cm³/mol. The first-order chi connectivity index (χ1) is 20.7. The molecule has 0 aliphatic carbocycles. The zero-order valence-corrected chi connectivity index (χ0v) is 26.2. The van der Waals surface area contributed by atoms with Gasteiger partial charge in [-0.15, -0.1) is 0 Å². The highest BCUT2D eigenvalue weighted by molar-refractivity contribution is 9.10. The molecule has 0 radical (unpaired) electrons. The van der Waals surface area contributed by atoms with Gasteiger partial charge in [-0.25, -0.2) is 0 Å². The number of hydrogen-bond acceptors (Lipinski definition) is 7. The first kappa shape index (κ1) is 30.4. The molecule has 2 aliphatic heterocycles. The summed E-state index contributed by atoms with van der Waals surface area (Å²) in [5.41, 5.74) is 4.65. The zero-order valence-electron chi connectivity index (χ0n) is 23.8. The van der Waals surface area contributed by atoms with Gasteiger partial charge >= 0.3 is 0 Å². The molecule has 2 aliphatic rings. The number of benzene rings is 3. The van der Waals surface area contributed by atoms with Crippen molar-refractivity contribution in [3.63, 3.8) is 0 Å². The Kier molecular flexibility index (Phi) is 9.52. The van der Waals surface area contributed by atoms with Crippen LogP contribution in [0.25, 0.3) is 6.08 Å². The van der Waals surface area contributed by atoms with Gasteiger partial charge < -0.3 is 19.9 Å². The Morgan fingerprint density at radius 2 is 1.63 bits per heavy atom. The van der Waals surface area contributed by atoms with Gasteiger partial charge in [0, 0.05) is 36.3 Å². The van der Waals surface area contributed by atoms with Crippen molar-refractivity contribution in [2.45, 2.75) is 13.8 Å². The Hall–Kier alpha value is -4.09. The van der Waals surface area contributed by atoms with Crippen LogP contribution in [0.15, 0.2) is 76.1 Å².